The lowest BCUT2D eigenvalue weighted by molar-refractivity contribution is -0.115. The normalized spacial score (nSPS) is 17.4. The average Bonchev–Trinajstić information content (AvgIpc) is 2.51. The van der Waals surface area contributed by atoms with Crippen LogP contribution < -0.4 is 10.6 Å². The molecule has 3 N–H and O–H groups in total. The minimum atomic E-state index is -0.555. The van der Waals surface area contributed by atoms with Crippen molar-refractivity contribution in [1.29, 1.82) is 0 Å². The Labute approximate surface area is 95.7 Å². The zero-order chi connectivity index (χ0) is 11.7. The second-order valence-corrected chi connectivity index (χ2v) is 3.58. The molecule has 3 amide bonds. The fraction of sp³-hybridized carbons (Fsp3) is 0. The molecule has 0 aliphatic carbocycles. The van der Waals surface area contributed by atoms with Gasteiger partial charge in [0.2, 0.25) is 0 Å². The van der Waals surface area contributed by atoms with Gasteiger partial charge in [0.15, 0.2) is 0 Å². The van der Waals surface area contributed by atoms with Crippen LogP contribution >= 0.6 is 11.6 Å². The molecular weight excluding hydrogens is 232 g/mol. The number of hydrogen-bond acceptors (Lipinski definition) is 3. The zero-order valence-corrected chi connectivity index (χ0v) is 8.71. The molecule has 1 aromatic carbocycles. The quantitative estimate of drug-likeness (QED) is 0.509. The summed E-state index contributed by atoms with van der Waals surface area (Å²) in [5, 5.41) is 13.8. The number of benzene rings is 1. The molecule has 1 heterocycles. The van der Waals surface area contributed by atoms with Crippen molar-refractivity contribution >= 4 is 29.6 Å². The fourth-order valence-corrected chi connectivity index (χ4v) is 1.45. The number of carbonyl (C=O) groups is 2. The summed E-state index contributed by atoms with van der Waals surface area (Å²) in [7, 11) is 0. The molecule has 0 saturated carbocycles. The summed E-state index contributed by atoms with van der Waals surface area (Å²) in [6, 6.07) is 3.91. The van der Waals surface area contributed by atoms with Crippen molar-refractivity contribution in [2.24, 2.45) is 0 Å². The van der Waals surface area contributed by atoms with Crippen LogP contribution in [-0.4, -0.2) is 17.0 Å². The Balaban J connectivity index is 2.32. The number of nitrogens with one attached hydrogen (secondary N) is 2. The van der Waals surface area contributed by atoms with Crippen LogP contribution in [0.5, 0.6) is 5.75 Å². The van der Waals surface area contributed by atoms with Gasteiger partial charge in [0, 0.05) is 0 Å². The van der Waals surface area contributed by atoms with Gasteiger partial charge in [-0.2, -0.15) is 0 Å². The first-order chi connectivity index (χ1) is 7.56. The van der Waals surface area contributed by atoms with E-state index < -0.39 is 11.9 Å². The summed E-state index contributed by atoms with van der Waals surface area (Å²) in [6.07, 6.45) is 1.46. The third-order valence-corrected chi connectivity index (χ3v) is 2.31. The number of aromatic hydroxyl groups is 1. The molecule has 1 fully saturated rings. The molecule has 1 saturated heterocycles. The highest BCUT2D eigenvalue weighted by Crippen LogP contribution is 2.24. The smallest absolute Gasteiger partial charge is 0.326 e. The van der Waals surface area contributed by atoms with Crippen LogP contribution in [0.25, 0.3) is 6.08 Å². The maximum absolute atomic E-state index is 11.2. The Morgan fingerprint density at radius 1 is 1.25 bits per heavy atom. The maximum atomic E-state index is 11.2. The standard InChI is InChI=1S/C10H7ClN2O3/c11-6-3-5(1-2-8(6)14)4-7-9(15)13-10(16)12-7/h1-4,14H,(H2,12,13,15,16)/b7-4+. The van der Waals surface area contributed by atoms with E-state index in [2.05, 4.69) is 10.6 Å². The number of phenols is 1. The molecule has 0 unspecified atom stereocenters. The molecule has 16 heavy (non-hydrogen) atoms. The van der Waals surface area contributed by atoms with E-state index in [9.17, 15) is 14.7 Å². The molecule has 1 aliphatic heterocycles. The molecule has 2 rings (SSSR count). The molecule has 1 aromatic rings. The van der Waals surface area contributed by atoms with Gasteiger partial charge in [0.05, 0.1) is 5.02 Å². The summed E-state index contributed by atoms with van der Waals surface area (Å²) in [5.41, 5.74) is 0.752. The summed E-state index contributed by atoms with van der Waals surface area (Å²) >= 11 is 5.70. The van der Waals surface area contributed by atoms with E-state index in [1.807, 2.05) is 0 Å². The van der Waals surface area contributed by atoms with Crippen LogP contribution in [0.2, 0.25) is 5.02 Å². The number of amides is 3. The molecule has 5 nitrogen and oxygen atoms in total. The molecule has 0 aromatic heterocycles. The minimum absolute atomic E-state index is 0.0382. The highest BCUT2D eigenvalue weighted by atomic mass is 35.5. The molecular formula is C10H7ClN2O3. The van der Waals surface area contributed by atoms with Crippen molar-refractivity contribution in [2.45, 2.75) is 0 Å². The predicted octanol–water partition coefficient (Wildman–Crippen LogP) is 1.23. The topological polar surface area (TPSA) is 78.4 Å². The van der Waals surface area contributed by atoms with Crippen molar-refractivity contribution in [1.82, 2.24) is 10.6 Å². The second kappa shape index (κ2) is 3.86. The highest BCUT2D eigenvalue weighted by Gasteiger charge is 2.22. The first-order valence-electron chi connectivity index (χ1n) is 4.39. The van der Waals surface area contributed by atoms with E-state index in [-0.39, 0.29) is 16.5 Å². The Bertz CT molecular complexity index is 511. The maximum Gasteiger partial charge on any atom is 0.326 e. The van der Waals surface area contributed by atoms with E-state index in [0.29, 0.717) is 5.56 Å². The Hall–Kier alpha value is -2.01. The van der Waals surface area contributed by atoms with Gasteiger partial charge in [-0.15, -0.1) is 0 Å². The monoisotopic (exact) mass is 238 g/mol. The largest absolute Gasteiger partial charge is 0.506 e. The number of halogens is 1. The van der Waals surface area contributed by atoms with Crippen LogP contribution in [0.4, 0.5) is 4.79 Å². The average molecular weight is 239 g/mol. The number of imide groups is 1. The van der Waals surface area contributed by atoms with Crippen molar-refractivity contribution in [3.05, 3.63) is 34.5 Å². The van der Waals surface area contributed by atoms with Gasteiger partial charge >= 0.3 is 6.03 Å². The molecule has 0 spiro atoms. The molecule has 0 bridgehead atoms. The van der Waals surface area contributed by atoms with Gasteiger partial charge in [-0.25, -0.2) is 4.79 Å². The summed E-state index contributed by atoms with van der Waals surface area (Å²) in [6.45, 7) is 0. The second-order valence-electron chi connectivity index (χ2n) is 3.18. The van der Waals surface area contributed by atoms with Crippen LogP contribution in [0.15, 0.2) is 23.9 Å². The lowest BCUT2D eigenvalue weighted by Crippen LogP contribution is -2.22. The third-order valence-electron chi connectivity index (χ3n) is 2.00. The Morgan fingerprint density at radius 2 is 2.00 bits per heavy atom. The summed E-state index contributed by atoms with van der Waals surface area (Å²) in [5.74, 6) is -0.530. The first-order valence-corrected chi connectivity index (χ1v) is 4.76. The van der Waals surface area contributed by atoms with Gasteiger partial charge < -0.3 is 10.4 Å². The zero-order valence-electron chi connectivity index (χ0n) is 7.95. The Kier molecular flexibility index (Phi) is 2.54. The van der Waals surface area contributed by atoms with Crippen molar-refractivity contribution in [3.63, 3.8) is 0 Å². The molecule has 0 atom stereocenters. The highest BCUT2D eigenvalue weighted by molar-refractivity contribution is 6.32. The van der Waals surface area contributed by atoms with Gasteiger partial charge in [-0.05, 0) is 23.8 Å². The van der Waals surface area contributed by atoms with Crippen LogP contribution in [0, 0.1) is 0 Å². The minimum Gasteiger partial charge on any atom is -0.506 e. The summed E-state index contributed by atoms with van der Waals surface area (Å²) in [4.78, 5) is 22.0. The lowest BCUT2D eigenvalue weighted by atomic mass is 10.2. The molecule has 1 aliphatic rings. The van der Waals surface area contributed by atoms with Crippen LogP contribution in [-0.2, 0) is 4.79 Å². The van der Waals surface area contributed by atoms with E-state index >= 15 is 0 Å². The number of carbonyl (C=O) groups excluding carboxylic acids is 2. The van der Waals surface area contributed by atoms with E-state index in [1.54, 1.807) is 6.07 Å². The van der Waals surface area contributed by atoms with Gasteiger partial charge in [0.25, 0.3) is 5.91 Å². The Morgan fingerprint density at radius 3 is 2.56 bits per heavy atom. The van der Waals surface area contributed by atoms with E-state index in [0.717, 1.165) is 0 Å². The number of hydrogen-bond donors (Lipinski definition) is 3. The van der Waals surface area contributed by atoms with Gasteiger partial charge in [-0.3, -0.25) is 10.1 Å². The van der Waals surface area contributed by atoms with Crippen molar-refractivity contribution in [3.8, 4) is 5.75 Å². The van der Waals surface area contributed by atoms with E-state index in [4.69, 9.17) is 11.6 Å². The lowest BCUT2D eigenvalue weighted by Gasteiger charge is -1.99. The molecule has 0 radical (unpaired) electrons. The number of rotatable bonds is 1. The van der Waals surface area contributed by atoms with Crippen molar-refractivity contribution in [2.75, 3.05) is 0 Å². The SMILES string of the molecule is O=C1NC(=O)/C(=C\c2ccc(O)c(Cl)c2)N1. The first kappa shape index (κ1) is 10.5. The fourth-order valence-electron chi connectivity index (χ4n) is 1.26. The number of urea groups is 1. The van der Waals surface area contributed by atoms with Crippen LogP contribution in [0.1, 0.15) is 5.56 Å². The summed E-state index contributed by atoms with van der Waals surface area (Å²) < 4.78 is 0. The molecule has 82 valence electrons. The molecule has 6 heteroatoms. The third kappa shape index (κ3) is 1.99. The van der Waals surface area contributed by atoms with Gasteiger partial charge in [-0.1, -0.05) is 17.7 Å². The van der Waals surface area contributed by atoms with Gasteiger partial charge in [0.1, 0.15) is 11.4 Å². The van der Waals surface area contributed by atoms with Crippen molar-refractivity contribution < 1.29 is 14.7 Å². The number of phenolic OH excluding ortho intramolecular Hbond substituents is 1. The van der Waals surface area contributed by atoms with E-state index in [1.165, 1.54) is 18.2 Å². The van der Waals surface area contributed by atoms with Crippen LogP contribution in [0.3, 0.4) is 0 Å². The predicted molar refractivity (Wildman–Crippen MR) is 57.8 cm³/mol.